The lowest BCUT2D eigenvalue weighted by atomic mass is 10.1. The summed E-state index contributed by atoms with van der Waals surface area (Å²) in [7, 11) is 0. The van der Waals surface area contributed by atoms with Gasteiger partial charge in [-0.25, -0.2) is 4.98 Å². The van der Waals surface area contributed by atoms with E-state index in [-0.39, 0.29) is 29.1 Å². The van der Waals surface area contributed by atoms with Crippen LogP contribution in [0.4, 0.5) is 0 Å². The molecule has 0 unspecified atom stereocenters. The first-order chi connectivity index (χ1) is 15.0. The van der Waals surface area contributed by atoms with Crippen molar-refractivity contribution in [3.63, 3.8) is 0 Å². The molecule has 1 fully saturated rings. The average Bonchev–Trinajstić information content (AvgIpc) is 3.30. The highest BCUT2D eigenvalue weighted by Crippen LogP contribution is 2.17. The van der Waals surface area contributed by atoms with Crippen LogP contribution in [-0.4, -0.2) is 37.8 Å². The van der Waals surface area contributed by atoms with Crippen molar-refractivity contribution in [2.45, 2.75) is 32.7 Å². The van der Waals surface area contributed by atoms with Crippen LogP contribution in [0.5, 0.6) is 0 Å². The number of nitrogens with zero attached hydrogens (tertiary/aromatic N) is 4. The minimum Gasteiger partial charge on any atom is -0.467 e. The number of rotatable bonds is 3. The molecule has 158 valence electrons. The fraction of sp³-hybridized carbons (Fsp3) is 0.304. The molecular formula is C23H23N5O3. The zero-order valence-electron chi connectivity index (χ0n) is 17.3. The molecule has 4 aromatic heterocycles. The lowest BCUT2D eigenvalue weighted by molar-refractivity contribution is 0.0721. The predicted octanol–water partition coefficient (Wildman–Crippen LogP) is 2.70. The number of carbonyl (C=O) groups excluding carboxylic acids is 1. The second kappa shape index (κ2) is 7.54. The molecule has 1 aliphatic heterocycles. The van der Waals surface area contributed by atoms with E-state index in [1.807, 2.05) is 13.0 Å². The van der Waals surface area contributed by atoms with Crippen LogP contribution in [0.1, 0.15) is 40.9 Å². The van der Waals surface area contributed by atoms with Crippen LogP contribution in [0.25, 0.3) is 16.7 Å². The van der Waals surface area contributed by atoms with E-state index in [0.717, 1.165) is 24.8 Å². The predicted molar refractivity (Wildman–Crippen MR) is 115 cm³/mol. The molecule has 1 saturated heterocycles. The fourth-order valence-corrected chi connectivity index (χ4v) is 4.24. The van der Waals surface area contributed by atoms with Gasteiger partial charge in [0.1, 0.15) is 22.5 Å². The topological polar surface area (TPSA) is 96.6 Å². The average molecular weight is 417 g/mol. The fourth-order valence-electron chi connectivity index (χ4n) is 4.24. The number of pyridine rings is 2. The van der Waals surface area contributed by atoms with Crippen LogP contribution >= 0.6 is 0 Å². The van der Waals surface area contributed by atoms with E-state index < -0.39 is 0 Å². The quantitative estimate of drug-likeness (QED) is 0.519. The molecule has 5 heterocycles. The van der Waals surface area contributed by atoms with Gasteiger partial charge >= 0.3 is 0 Å². The Labute approximate surface area is 177 Å². The number of aromatic nitrogens is 3. The van der Waals surface area contributed by atoms with Gasteiger partial charge in [0.15, 0.2) is 0 Å². The molecule has 1 aliphatic rings. The molecule has 8 nitrogen and oxygen atoms in total. The third kappa shape index (κ3) is 3.24. The summed E-state index contributed by atoms with van der Waals surface area (Å²) < 4.78 is 8.58. The molecule has 4 aromatic rings. The van der Waals surface area contributed by atoms with Crippen molar-refractivity contribution in [1.82, 2.24) is 18.9 Å². The monoisotopic (exact) mass is 417 g/mol. The molecule has 0 aliphatic carbocycles. The van der Waals surface area contributed by atoms with Crippen LogP contribution in [0.3, 0.4) is 0 Å². The van der Waals surface area contributed by atoms with Gasteiger partial charge in [-0.1, -0.05) is 6.07 Å². The van der Waals surface area contributed by atoms with E-state index in [1.165, 1.54) is 10.5 Å². The Kier molecular flexibility index (Phi) is 4.69. The van der Waals surface area contributed by atoms with E-state index in [0.29, 0.717) is 35.5 Å². The van der Waals surface area contributed by atoms with Crippen molar-refractivity contribution in [1.29, 1.82) is 5.41 Å². The summed E-state index contributed by atoms with van der Waals surface area (Å²) in [6.07, 6.45) is 6.24. The van der Waals surface area contributed by atoms with Crippen molar-refractivity contribution in [2.24, 2.45) is 0 Å². The second-order valence-corrected chi connectivity index (χ2v) is 7.96. The van der Waals surface area contributed by atoms with Crippen LogP contribution in [-0.2, 0) is 6.54 Å². The van der Waals surface area contributed by atoms with Crippen LogP contribution in [0.15, 0.2) is 52.0 Å². The van der Waals surface area contributed by atoms with E-state index >= 15 is 0 Å². The third-order valence-corrected chi connectivity index (χ3v) is 5.90. The van der Waals surface area contributed by atoms with Gasteiger partial charge < -0.3 is 13.9 Å². The van der Waals surface area contributed by atoms with Gasteiger partial charge in [-0.2, -0.15) is 0 Å². The number of amides is 1. The molecule has 31 heavy (non-hydrogen) atoms. The third-order valence-electron chi connectivity index (χ3n) is 5.90. The van der Waals surface area contributed by atoms with Gasteiger partial charge in [0, 0.05) is 19.3 Å². The van der Waals surface area contributed by atoms with Crippen molar-refractivity contribution in [2.75, 3.05) is 13.1 Å². The Morgan fingerprint density at radius 3 is 2.71 bits per heavy atom. The number of furan rings is 1. The van der Waals surface area contributed by atoms with Crippen LogP contribution in [0.2, 0.25) is 0 Å². The Hall–Kier alpha value is -3.68. The minimum atomic E-state index is -0.260. The van der Waals surface area contributed by atoms with Gasteiger partial charge in [-0.05, 0) is 56.0 Å². The minimum absolute atomic E-state index is 0.0318. The second-order valence-electron chi connectivity index (χ2n) is 7.96. The van der Waals surface area contributed by atoms with E-state index in [2.05, 4.69) is 0 Å². The number of nitrogens with one attached hydrogen (secondary N) is 1. The zero-order valence-corrected chi connectivity index (χ0v) is 17.3. The highest BCUT2D eigenvalue weighted by atomic mass is 16.3. The first-order valence-electron chi connectivity index (χ1n) is 10.5. The molecule has 1 N–H and O–H groups in total. The summed E-state index contributed by atoms with van der Waals surface area (Å²) in [5.41, 5.74) is 1.74. The number of likely N-dealkylation sites (tertiary alicyclic amines) is 1. The number of piperidine rings is 1. The van der Waals surface area contributed by atoms with E-state index in [4.69, 9.17) is 14.8 Å². The van der Waals surface area contributed by atoms with Gasteiger partial charge in [0.05, 0.1) is 23.8 Å². The molecule has 0 radical (unpaired) electrons. The summed E-state index contributed by atoms with van der Waals surface area (Å²) in [6.45, 7) is 3.43. The molecular weight excluding hydrogens is 394 g/mol. The summed E-state index contributed by atoms with van der Waals surface area (Å²) in [5.74, 6) is 0.405. The number of hydrogen-bond acceptors (Lipinski definition) is 5. The summed E-state index contributed by atoms with van der Waals surface area (Å²) in [5, 5.41) is 9.15. The van der Waals surface area contributed by atoms with Crippen molar-refractivity contribution < 1.29 is 9.21 Å². The van der Waals surface area contributed by atoms with Gasteiger partial charge in [0.2, 0.25) is 0 Å². The molecule has 0 saturated carbocycles. The SMILES string of the molecule is Cc1cccn2c(=O)c3cc(C(=O)N4CCCCC4)c(=N)n(Cc4ccco4)c3nc12. The molecule has 5 rings (SSSR count). The summed E-state index contributed by atoms with van der Waals surface area (Å²) in [4.78, 5) is 33.2. The number of carbonyl (C=O) groups is 1. The van der Waals surface area contributed by atoms with Crippen LogP contribution in [0, 0.1) is 12.3 Å². The Morgan fingerprint density at radius 2 is 1.97 bits per heavy atom. The van der Waals surface area contributed by atoms with Crippen molar-refractivity contribution >= 4 is 22.6 Å². The van der Waals surface area contributed by atoms with Crippen molar-refractivity contribution in [3.8, 4) is 0 Å². The lowest BCUT2D eigenvalue weighted by Crippen LogP contribution is -2.40. The number of fused-ring (bicyclic) bond motifs is 2. The summed E-state index contributed by atoms with van der Waals surface area (Å²) >= 11 is 0. The molecule has 0 atom stereocenters. The van der Waals surface area contributed by atoms with Crippen LogP contribution < -0.4 is 11.0 Å². The maximum absolute atomic E-state index is 13.4. The lowest BCUT2D eigenvalue weighted by Gasteiger charge is -2.27. The number of aryl methyl sites for hydroxylation is 1. The standard InChI is InChI=1S/C23H23N5O3/c1-15-7-5-11-27-20(15)25-21-18(23(27)30)13-17(22(29)26-9-3-2-4-10-26)19(24)28(21)14-16-8-6-12-31-16/h5-8,11-13,24H,2-4,9-10,14H2,1H3. The Morgan fingerprint density at radius 1 is 1.16 bits per heavy atom. The molecule has 8 heteroatoms. The largest absolute Gasteiger partial charge is 0.467 e. The molecule has 0 spiro atoms. The zero-order chi connectivity index (χ0) is 21.5. The van der Waals surface area contributed by atoms with Gasteiger partial charge in [-0.3, -0.25) is 19.4 Å². The molecule has 0 bridgehead atoms. The smallest absolute Gasteiger partial charge is 0.267 e. The molecule has 1 amide bonds. The first-order valence-corrected chi connectivity index (χ1v) is 10.5. The Balaban J connectivity index is 1.80. The summed E-state index contributed by atoms with van der Waals surface area (Å²) in [6, 6.07) is 8.80. The highest BCUT2D eigenvalue weighted by Gasteiger charge is 2.23. The Bertz CT molecular complexity index is 1410. The highest BCUT2D eigenvalue weighted by molar-refractivity contribution is 5.97. The first kappa shape index (κ1) is 19.3. The van der Waals surface area contributed by atoms with Crippen molar-refractivity contribution in [3.05, 3.63) is 75.5 Å². The maximum Gasteiger partial charge on any atom is 0.267 e. The number of hydrogen-bond donors (Lipinski definition) is 1. The van der Waals surface area contributed by atoms with E-state index in [9.17, 15) is 9.59 Å². The maximum atomic E-state index is 13.4. The van der Waals surface area contributed by atoms with Gasteiger partial charge in [0.25, 0.3) is 11.5 Å². The van der Waals surface area contributed by atoms with E-state index in [1.54, 1.807) is 40.1 Å². The molecule has 0 aromatic carbocycles. The normalized spacial score (nSPS) is 14.4. The van der Waals surface area contributed by atoms with Gasteiger partial charge in [-0.15, -0.1) is 0 Å².